The zero-order valence-corrected chi connectivity index (χ0v) is 19.7. The second-order valence-electron chi connectivity index (χ2n) is 7.67. The number of carbonyl (C=O) groups is 1. The molecule has 0 saturated carbocycles. The quantitative estimate of drug-likeness (QED) is 0.453. The molecule has 0 spiro atoms. The largest absolute Gasteiger partial charge is 0.497 e. The van der Waals surface area contributed by atoms with Gasteiger partial charge in [-0.05, 0) is 42.0 Å². The van der Waals surface area contributed by atoms with Crippen LogP contribution in [0.3, 0.4) is 0 Å². The number of nitrogens with zero attached hydrogens (tertiary/aromatic N) is 1. The lowest BCUT2D eigenvalue weighted by Crippen LogP contribution is -2.42. The molecule has 0 bridgehead atoms. The predicted octanol–water partition coefficient (Wildman–Crippen LogP) is 3.57. The first-order valence-corrected chi connectivity index (χ1v) is 12.0. The number of rotatable bonds is 8. The summed E-state index contributed by atoms with van der Waals surface area (Å²) in [7, 11) is -0.764. The highest BCUT2D eigenvalue weighted by atomic mass is 32.2. The molecule has 3 aromatic rings. The number of morpholine rings is 1. The molecule has 4 rings (SSSR count). The van der Waals surface area contributed by atoms with Gasteiger partial charge in [0.2, 0.25) is 5.91 Å². The summed E-state index contributed by atoms with van der Waals surface area (Å²) in [5.74, 6) is 1.38. The molecule has 178 valence electrons. The molecular formula is C25H25NO7S. The van der Waals surface area contributed by atoms with Crippen molar-refractivity contribution in [1.82, 2.24) is 4.90 Å². The number of benzene rings is 3. The van der Waals surface area contributed by atoms with Crippen molar-refractivity contribution < 1.29 is 31.6 Å². The second-order valence-corrected chi connectivity index (χ2v) is 9.22. The van der Waals surface area contributed by atoms with E-state index in [9.17, 15) is 13.2 Å². The summed E-state index contributed by atoms with van der Waals surface area (Å²) in [6.07, 6.45) is -0.360. The van der Waals surface area contributed by atoms with Gasteiger partial charge in [0.25, 0.3) is 0 Å². The zero-order valence-electron chi connectivity index (χ0n) is 18.8. The highest BCUT2D eigenvalue weighted by Crippen LogP contribution is 2.30. The fourth-order valence-electron chi connectivity index (χ4n) is 3.66. The monoisotopic (exact) mass is 483 g/mol. The molecule has 8 nitrogen and oxygen atoms in total. The van der Waals surface area contributed by atoms with Crippen LogP contribution in [0.4, 0.5) is 0 Å². The number of carbonyl (C=O) groups excluding carboxylic acids is 1. The molecule has 0 N–H and O–H groups in total. The Morgan fingerprint density at radius 3 is 2.32 bits per heavy atom. The van der Waals surface area contributed by atoms with Crippen molar-refractivity contribution in [2.75, 3.05) is 27.4 Å². The first-order valence-electron chi connectivity index (χ1n) is 10.6. The highest BCUT2D eigenvalue weighted by molar-refractivity contribution is 7.87. The lowest BCUT2D eigenvalue weighted by molar-refractivity contribution is -0.150. The Labute approximate surface area is 198 Å². The summed E-state index contributed by atoms with van der Waals surface area (Å²) in [5.41, 5.74) is 1.66. The fraction of sp³-hybridized carbons (Fsp3) is 0.240. The number of methoxy groups -OCH3 is 2. The van der Waals surface area contributed by atoms with E-state index >= 15 is 0 Å². The zero-order chi connectivity index (χ0) is 24.1. The van der Waals surface area contributed by atoms with Crippen molar-refractivity contribution in [3.05, 3.63) is 83.9 Å². The van der Waals surface area contributed by atoms with E-state index in [2.05, 4.69) is 0 Å². The van der Waals surface area contributed by atoms with E-state index in [4.69, 9.17) is 18.4 Å². The van der Waals surface area contributed by atoms with Crippen molar-refractivity contribution >= 4 is 16.0 Å². The molecule has 1 aliphatic rings. The molecule has 0 unspecified atom stereocenters. The first-order chi connectivity index (χ1) is 16.4. The van der Waals surface area contributed by atoms with Crippen molar-refractivity contribution in [1.29, 1.82) is 0 Å². The van der Waals surface area contributed by atoms with E-state index in [1.165, 1.54) is 12.1 Å². The van der Waals surface area contributed by atoms with Crippen LogP contribution in [0.1, 0.15) is 17.2 Å². The average Bonchev–Trinajstić information content (AvgIpc) is 2.86. The van der Waals surface area contributed by atoms with Gasteiger partial charge in [-0.3, -0.25) is 4.79 Å². The normalized spacial score (nSPS) is 16.2. The van der Waals surface area contributed by atoms with E-state index in [0.717, 1.165) is 11.1 Å². The van der Waals surface area contributed by atoms with Gasteiger partial charge in [0.1, 0.15) is 34.9 Å². The van der Waals surface area contributed by atoms with E-state index in [1.54, 1.807) is 67.7 Å². The van der Waals surface area contributed by atoms with Crippen LogP contribution in [-0.4, -0.2) is 46.6 Å². The first kappa shape index (κ1) is 23.6. The SMILES string of the molecule is COc1ccc(CN2C[C@H](c3ccc(OS(=O)(=O)c4ccccc4)cc3)OCC2=O)c(OC)c1. The van der Waals surface area contributed by atoms with Gasteiger partial charge >= 0.3 is 10.1 Å². The van der Waals surface area contributed by atoms with Crippen molar-refractivity contribution in [2.45, 2.75) is 17.5 Å². The number of hydrogen-bond acceptors (Lipinski definition) is 7. The Bertz CT molecular complexity index is 1240. The molecule has 0 aromatic heterocycles. The molecule has 9 heteroatoms. The minimum absolute atomic E-state index is 0.0518. The molecule has 1 aliphatic heterocycles. The topological polar surface area (TPSA) is 91.4 Å². The van der Waals surface area contributed by atoms with Crippen LogP contribution in [0, 0.1) is 0 Å². The lowest BCUT2D eigenvalue weighted by atomic mass is 10.1. The molecule has 1 amide bonds. The Balaban J connectivity index is 1.45. The van der Waals surface area contributed by atoms with Gasteiger partial charge in [0.15, 0.2) is 0 Å². The van der Waals surface area contributed by atoms with Gasteiger partial charge in [-0.25, -0.2) is 0 Å². The van der Waals surface area contributed by atoms with E-state index in [-0.39, 0.29) is 29.3 Å². The number of amides is 1. The minimum Gasteiger partial charge on any atom is -0.497 e. The van der Waals surface area contributed by atoms with E-state index in [1.807, 2.05) is 12.1 Å². The summed E-state index contributed by atoms with van der Waals surface area (Å²) in [5, 5.41) is 0. The minimum atomic E-state index is -3.92. The van der Waals surface area contributed by atoms with Gasteiger partial charge in [-0.2, -0.15) is 8.42 Å². The smallest absolute Gasteiger partial charge is 0.339 e. The lowest BCUT2D eigenvalue weighted by Gasteiger charge is -2.33. The van der Waals surface area contributed by atoms with Crippen LogP contribution < -0.4 is 13.7 Å². The summed E-state index contributed by atoms with van der Waals surface area (Å²) >= 11 is 0. The Morgan fingerprint density at radius 1 is 0.941 bits per heavy atom. The van der Waals surface area contributed by atoms with Gasteiger partial charge in [0.05, 0.1) is 20.8 Å². The molecule has 34 heavy (non-hydrogen) atoms. The maximum atomic E-state index is 12.5. The Morgan fingerprint density at radius 2 is 1.65 bits per heavy atom. The maximum Gasteiger partial charge on any atom is 0.339 e. The molecular weight excluding hydrogens is 458 g/mol. The van der Waals surface area contributed by atoms with Crippen LogP contribution in [0.25, 0.3) is 0 Å². The molecule has 0 radical (unpaired) electrons. The fourth-order valence-corrected chi connectivity index (χ4v) is 4.61. The van der Waals surface area contributed by atoms with Crippen LogP contribution >= 0.6 is 0 Å². The highest BCUT2D eigenvalue weighted by Gasteiger charge is 2.28. The Hall–Kier alpha value is -3.56. The molecule has 1 fully saturated rings. The number of ether oxygens (including phenoxy) is 3. The van der Waals surface area contributed by atoms with Gasteiger partial charge < -0.3 is 23.3 Å². The second kappa shape index (κ2) is 10.1. The average molecular weight is 484 g/mol. The van der Waals surface area contributed by atoms with Crippen molar-refractivity contribution in [3.63, 3.8) is 0 Å². The summed E-state index contributed by atoms with van der Waals surface area (Å²) in [4.78, 5) is 14.3. The van der Waals surface area contributed by atoms with Crippen LogP contribution in [-0.2, 0) is 26.2 Å². The number of hydrogen-bond donors (Lipinski definition) is 0. The predicted molar refractivity (Wildman–Crippen MR) is 124 cm³/mol. The summed E-state index contributed by atoms with van der Waals surface area (Å²) < 4.78 is 46.5. The Kier molecular flexibility index (Phi) is 7.04. The van der Waals surface area contributed by atoms with E-state index in [0.29, 0.717) is 24.6 Å². The van der Waals surface area contributed by atoms with E-state index < -0.39 is 10.1 Å². The van der Waals surface area contributed by atoms with Crippen molar-refractivity contribution in [3.8, 4) is 17.2 Å². The van der Waals surface area contributed by atoms with Gasteiger partial charge in [-0.1, -0.05) is 30.3 Å². The summed E-state index contributed by atoms with van der Waals surface area (Å²) in [6, 6.07) is 20.0. The maximum absolute atomic E-state index is 12.5. The third-order valence-electron chi connectivity index (χ3n) is 5.49. The molecule has 1 heterocycles. The summed E-state index contributed by atoms with van der Waals surface area (Å²) in [6.45, 7) is 0.655. The third-order valence-corrected chi connectivity index (χ3v) is 6.75. The van der Waals surface area contributed by atoms with Crippen LogP contribution in [0.5, 0.6) is 17.2 Å². The molecule has 3 aromatic carbocycles. The van der Waals surface area contributed by atoms with Gasteiger partial charge in [-0.15, -0.1) is 0 Å². The van der Waals surface area contributed by atoms with Crippen molar-refractivity contribution in [2.24, 2.45) is 0 Å². The molecule has 0 aliphatic carbocycles. The molecule has 1 atom stereocenters. The third kappa shape index (κ3) is 5.32. The van der Waals surface area contributed by atoms with Crippen LogP contribution in [0.2, 0.25) is 0 Å². The molecule has 1 saturated heterocycles. The van der Waals surface area contributed by atoms with Crippen LogP contribution in [0.15, 0.2) is 77.7 Å². The van der Waals surface area contributed by atoms with Gasteiger partial charge in [0, 0.05) is 18.2 Å². The standard InChI is InChI=1S/C25H25NO7S/c1-30-21-13-10-19(23(14-21)31-2)15-26-16-24(32-17-25(26)27)18-8-11-20(12-9-18)33-34(28,29)22-6-4-3-5-7-22/h3-14,24H,15-17H2,1-2H3/t24-/m1/s1.